The van der Waals surface area contributed by atoms with Crippen molar-refractivity contribution in [3.05, 3.63) is 76.9 Å². The van der Waals surface area contributed by atoms with Gasteiger partial charge in [-0.05, 0) is 36.0 Å². The number of carbonyl (C=O) groups excluding carboxylic acids is 2. The molecule has 1 aliphatic heterocycles. The molecule has 23 heavy (non-hydrogen) atoms. The minimum absolute atomic E-state index is 0.0691. The normalized spacial score (nSPS) is 23.4. The lowest BCUT2D eigenvalue weighted by Gasteiger charge is -2.39. The summed E-state index contributed by atoms with van der Waals surface area (Å²) in [6.45, 7) is 0. The van der Waals surface area contributed by atoms with Gasteiger partial charge in [-0.1, -0.05) is 54.1 Å². The van der Waals surface area contributed by atoms with Crippen LogP contribution >= 0.6 is 0 Å². The molecular formula is C20H17NO2. The van der Waals surface area contributed by atoms with Crippen LogP contribution in [-0.2, 0) is 9.59 Å². The van der Waals surface area contributed by atoms with Gasteiger partial charge in [0.25, 0.3) is 11.8 Å². The van der Waals surface area contributed by atoms with E-state index in [2.05, 4.69) is 30.4 Å². The van der Waals surface area contributed by atoms with E-state index in [1.807, 2.05) is 18.2 Å². The smallest absolute Gasteiger partial charge is 0.254 e. The van der Waals surface area contributed by atoms with E-state index < -0.39 is 0 Å². The molecule has 114 valence electrons. The average molecular weight is 303 g/mol. The lowest BCUT2D eigenvalue weighted by molar-refractivity contribution is -0.139. The fourth-order valence-corrected chi connectivity index (χ4v) is 3.43. The number of carbonyl (C=O) groups is 2. The highest BCUT2D eigenvalue weighted by molar-refractivity contribution is 6.13. The molecule has 2 amide bonds. The second-order valence-corrected chi connectivity index (χ2v) is 6.12. The van der Waals surface area contributed by atoms with Gasteiger partial charge < -0.3 is 0 Å². The third-order valence-corrected chi connectivity index (χ3v) is 4.71. The first kappa shape index (κ1) is 13.9. The molecule has 1 unspecified atom stereocenters. The van der Waals surface area contributed by atoms with Gasteiger partial charge in [-0.25, -0.2) is 0 Å². The maximum atomic E-state index is 11.8. The predicted octanol–water partition coefficient (Wildman–Crippen LogP) is 3.41. The lowest BCUT2D eigenvalue weighted by Crippen LogP contribution is -2.46. The van der Waals surface area contributed by atoms with Crippen molar-refractivity contribution in [3.8, 4) is 0 Å². The summed E-state index contributed by atoms with van der Waals surface area (Å²) in [5.41, 5.74) is 4.98. The van der Waals surface area contributed by atoms with Crippen LogP contribution in [0.25, 0.3) is 6.08 Å². The number of amides is 2. The van der Waals surface area contributed by atoms with E-state index in [1.54, 1.807) is 0 Å². The molecule has 0 radical (unpaired) electrons. The number of imide groups is 1. The second kappa shape index (κ2) is 5.51. The Hall–Kier alpha value is -2.68. The van der Waals surface area contributed by atoms with Crippen molar-refractivity contribution in [2.24, 2.45) is 0 Å². The molecular weight excluding hydrogens is 286 g/mol. The van der Waals surface area contributed by atoms with Crippen LogP contribution in [0.4, 0.5) is 0 Å². The Balaban J connectivity index is 1.53. The van der Waals surface area contributed by atoms with Crippen molar-refractivity contribution >= 4 is 17.9 Å². The quantitative estimate of drug-likeness (QED) is 0.802. The molecule has 0 N–H and O–H groups in total. The van der Waals surface area contributed by atoms with Gasteiger partial charge in [0, 0.05) is 12.2 Å². The molecule has 0 saturated heterocycles. The highest BCUT2D eigenvalue weighted by Crippen LogP contribution is 2.42. The molecule has 4 rings (SSSR count). The Labute approximate surface area is 135 Å². The van der Waals surface area contributed by atoms with E-state index in [0.29, 0.717) is 0 Å². The first-order valence-corrected chi connectivity index (χ1v) is 7.93. The van der Waals surface area contributed by atoms with Crippen LogP contribution < -0.4 is 0 Å². The molecule has 1 aromatic carbocycles. The van der Waals surface area contributed by atoms with Gasteiger partial charge in [-0.2, -0.15) is 0 Å². The predicted molar refractivity (Wildman–Crippen MR) is 89.2 cm³/mol. The fraction of sp³-hybridized carbons (Fsp3) is 0.200. The summed E-state index contributed by atoms with van der Waals surface area (Å²) in [6, 6.07) is 10.1. The monoisotopic (exact) mass is 303 g/mol. The summed E-state index contributed by atoms with van der Waals surface area (Å²) in [6.07, 6.45) is 12.0. The van der Waals surface area contributed by atoms with Crippen molar-refractivity contribution in [1.29, 1.82) is 0 Å². The van der Waals surface area contributed by atoms with Crippen molar-refractivity contribution in [3.63, 3.8) is 0 Å². The Morgan fingerprint density at radius 1 is 0.957 bits per heavy atom. The zero-order chi connectivity index (χ0) is 15.8. The van der Waals surface area contributed by atoms with Crippen molar-refractivity contribution in [1.82, 2.24) is 4.90 Å². The van der Waals surface area contributed by atoms with Crippen LogP contribution in [0.2, 0.25) is 0 Å². The number of benzene rings is 1. The Morgan fingerprint density at radius 3 is 2.43 bits per heavy atom. The fourth-order valence-electron chi connectivity index (χ4n) is 3.43. The number of nitrogens with zero attached hydrogens (tertiary/aromatic N) is 1. The number of allylic oxidation sites excluding steroid dienone is 2. The Kier molecular flexibility index (Phi) is 3.34. The standard InChI is InChI=1S/C20H17NO2/c22-19-10-11-20(23)21(19)18-13-16-9-8-15(12-17(16)18)7-6-14-4-2-1-3-5-14/h1-7,10-12,18H,8-9,13H2/b7-6+. The molecule has 0 saturated carbocycles. The minimum atomic E-state index is -0.188. The van der Waals surface area contributed by atoms with Crippen molar-refractivity contribution in [2.75, 3.05) is 0 Å². The molecule has 0 fully saturated rings. The van der Waals surface area contributed by atoms with E-state index in [0.717, 1.165) is 24.8 Å². The summed E-state index contributed by atoms with van der Waals surface area (Å²) in [7, 11) is 0. The highest BCUT2D eigenvalue weighted by Gasteiger charge is 2.40. The Morgan fingerprint density at radius 2 is 1.70 bits per heavy atom. The zero-order valence-electron chi connectivity index (χ0n) is 12.7. The van der Waals surface area contributed by atoms with Crippen molar-refractivity contribution < 1.29 is 9.59 Å². The third-order valence-electron chi connectivity index (χ3n) is 4.71. The molecule has 1 aromatic rings. The third kappa shape index (κ3) is 2.48. The first-order valence-electron chi connectivity index (χ1n) is 7.93. The Bertz CT molecular complexity index is 778. The number of hydrogen-bond acceptors (Lipinski definition) is 2. The topological polar surface area (TPSA) is 37.4 Å². The summed E-state index contributed by atoms with van der Waals surface area (Å²) in [5, 5.41) is 0. The molecule has 1 heterocycles. The van der Waals surface area contributed by atoms with Gasteiger partial charge in [0.1, 0.15) is 0 Å². The molecule has 3 nitrogen and oxygen atoms in total. The molecule has 3 heteroatoms. The number of rotatable bonds is 3. The number of hydrogen-bond donors (Lipinski definition) is 0. The van der Waals surface area contributed by atoms with E-state index in [-0.39, 0.29) is 17.9 Å². The average Bonchev–Trinajstić information content (AvgIpc) is 2.88. The molecule has 3 aliphatic rings. The largest absolute Gasteiger partial charge is 0.269 e. The van der Waals surface area contributed by atoms with Gasteiger partial charge >= 0.3 is 0 Å². The van der Waals surface area contributed by atoms with Gasteiger partial charge in [-0.3, -0.25) is 14.5 Å². The lowest BCUT2D eigenvalue weighted by atomic mass is 9.75. The molecule has 0 bridgehead atoms. The first-order chi connectivity index (χ1) is 11.2. The SMILES string of the molecule is O=C1C=CC(=O)N1C1CC2=C1C=C(/C=C/c1ccccc1)CC2. The van der Waals surface area contributed by atoms with Gasteiger partial charge in [-0.15, -0.1) is 0 Å². The molecule has 0 spiro atoms. The molecule has 1 atom stereocenters. The van der Waals surface area contributed by atoms with Crippen LogP contribution in [-0.4, -0.2) is 22.8 Å². The highest BCUT2D eigenvalue weighted by atomic mass is 16.2. The van der Waals surface area contributed by atoms with Crippen LogP contribution in [0.15, 0.2) is 71.4 Å². The van der Waals surface area contributed by atoms with Crippen LogP contribution in [0.1, 0.15) is 24.8 Å². The van der Waals surface area contributed by atoms with E-state index in [9.17, 15) is 9.59 Å². The van der Waals surface area contributed by atoms with Crippen molar-refractivity contribution in [2.45, 2.75) is 25.3 Å². The molecule has 0 aromatic heterocycles. The maximum absolute atomic E-state index is 11.8. The summed E-state index contributed by atoms with van der Waals surface area (Å²) < 4.78 is 0. The van der Waals surface area contributed by atoms with Crippen LogP contribution in [0.5, 0.6) is 0 Å². The summed E-state index contributed by atoms with van der Waals surface area (Å²) >= 11 is 0. The van der Waals surface area contributed by atoms with Gasteiger partial charge in [0.05, 0.1) is 6.04 Å². The second-order valence-electron chi connectivity index (χ2n) is 6.12. The van der Waals surface area contributed by atoms with Gasteiger partial charge in [0.15, 0.2) is 0 Å². The van der Waals surface area contributed by atoms with E-state index in [1.165, 1.54) is 33.8 Å². The minimum Gasteiger partial charge on any atom is -0.269 e. The molecule has 2 aliphatic carbocycles. The summed E-state index contributed by atoms with van der Waals surface area (Å²) in [4.78, 5) is 25.1. The zero-order valence-corrected chi connectivity index (χ0v) is 12.7. The van der Waals surface area contributed by atoms with Crippen LogP contribution in [0, 0.1) is 0 Å². The van der Waals surface area contributed by atoms with E-state index >= 15 is 0 Å². The van der Waals surface area contributed by atoms with E-state index in [4.69, 9.17) is 0 Å². The van der Waals surface area contributed by atoms with Crippen LogP contribution in [0.3, 0.4) is 0 Å². The maximum Gasteiger partial charge on any atom is 0.254 e. The van der Waals surface area contributed by atoms with Gasteiger partial charge in [0.2, 0.25) is 0 Å². The summed E-state index contributed by atoms with van der Waals surface area (Å²) in [5.74, 6) is -0.376.